The van der Waals surface area contributed by atoms with Gasteiger partial charge in [-0.1, -0.05) is 0 Å². The molecule has 0 amide bonds. The number of aromatic nitrogens is 1. The van der Waals surface area contributed by atoms with Crippen LogP contribution < -0.4 is 10.5 Å². The molecule has 0 radical (unpaired) electrons. The van der Waals surface area contributed by atoms with Gasteiger partial charge in [0, 0.05) is 9.77 Å². The van der Waals surface area contributed by atoms with Gasteiger partial charge in [-0.2, -0.15) is 5.26 Å². The summed E-state index contributed by atoms with van der Waals surface area (Å²) in [5.41, 5.74) is 6.38. The van der Waals surface area contributed by atoms with Crippen molar-refractivity contribution in [3.63, 3.8) is 0 Å². The monoisotopic (exact) mass is 337 g/mol. The topological polar surface area (TPSA) is 71.9 Å². The lowest BCUT2D eigenvalue weighted by molar-refractivity contribution is 0.465. The van der Waals surface area contributed by atoms with E-state index >= 15 is 0 Å². The first-order valence-corrected chi connectivity index (χ1v) is 5.86. The van der Waals surface area contributed by atoms with Crippen LogP contribution in [0.1, 0.15) is 5.56 Å². The van der Waals surface area contributed by atoms with E-state index in [4.69, 9.17) is 15.7 Å². The van der Waals surface area contributed by atoms with Gasteiger partial charge in [-0.25, -0.2) is 4.98 Å². The first-order chi connectivity index (χ1) is 8.20. The Balaban J connectivity index is 2.31. The van der Waals surface area contributed by atoms with Crippen molar-refractivity contribution in [3.8, 4) is 17.7 Å². The maximum atomic E-state index is 8.83. The molecule has 1 heterocycles. The Morgan fingerprint density at radius 2 is 1.94 bits per heavy atom. The van der Waals surface area contributed by atoms with E-state index < -0.39 is 0 Å². The number of pyridine rings is 1. The standard InChI is InChI=1S/C12H8IN3O/c13-9-1-3-10(4-2-9)17-12-11(15)8(7-14)5-6-16-12/h1-6H,15H2. The average Bonchev–Trinajstić information content (AvgIpc) is 2.35. The van der Waals surface area contributed by atoms with Crippen LogP contribution in [-0.2, 0) is 0 Å². The second-order valence-corrected chi connectivity index (χ2v) is 4.49. The van der Waals surface area contributed by atoms with Crippen LogP contribution in [0.5, 0.6) is 11.6 Å². The molecule has 5 heteroatoms. The maximum absolute atomic E-state index is 8.83. The van der Waals surface area contributed by atoms with Gasteiger partial charge in [0.15, 0.2) is 0 Å². The van der Waals surface area contributed by atoms with Crippen LogP contribution in [-0.4, -0.2) is 4.98 Å². The van der Waals surface area contributed by atoms with E-state index in [1.807, 2.05) is 30.3 Å². The zero-order valence-corrected chi connectivity index (χ0v) is 10.9. The fraction of sp³-hybridized carbons (Fsp3) is 0. The minimum Gasteiger partial charge on any atom is -0.437 e. The molecule has 1 aromatic carbocycles. The lowest BCUT2D eigenvalue weighted by Crippen LogP contribution is -1.97. The summed E-state index contributed by atoms with van der Waals surface area (Å²) in [7, 11) is 0. The van der Waals surface area contributed by atoms with E-state index in [1.165, 1.54) is 6.20 Å². The number of benzene rings is 1. The number of halogens is 1. The molecule has 0 aliphatic heterocycles. The highest BCUT2D eigenvalue weighted by atomic mass is 127. The van der Waals surface area contributed by atoms with E-state index in [9.17, 15) is 0 Å². The third-order valence-electron chi connectivity index (χ3n) is 2.10. The number of nitrogens with two attached hydrogens (primary N) is 1. The molecule has 0 aliphatic carbocycles. The molecule has 0 fully saturated rings. The van der Waals surface area contributed by atoms with Crippen LogP contribution in [0.15, 0.2) is 36.5 Å². The third kappa shape index (κ3) is 2.65. The molecule has 17 heavy (non-hydrogen) atoms. The van der Waals surface area contributed by atoms with Crippen molar-refractivity contribution in [2.45, 2.75) is 0 Å². The largest absolute Gasteiger partial charge is 0.437 e. The number of hydrogen-bond donors (Lipinski definition) is 1. The molecule has 0 bridgehead atoms. The zero-order valence-electron chi connectivity index (χ0n) is 8.72. The van der Waals surface area contributed by atoms with Crippen molar-refractivity contribution in [3.05, 3.63) is 45.7 Å². The fourth-order valence-electron chi connectivity index (χ4n) is 1.25. The number of nitrogen functional groups attached to an aromatic ring is 1. The molecule has 2 N–H and O–H groups in total. The van der Waals surface area contributed by atoms with Crippen LogP contribution in [0, 0.1) is 14.9 Å². The van der Waals surface area contributed by atoms with E-state index in [0.29, 0.717) is 11.3 Å². The van der Waals surface area contributed by atoms with Gasteiger partial charge >= 0.3 is 0 Å². The number of ether oxygens (including phenoxy) is 1. The van der Waals surface area contributed by atoms with Gasteiger partial charge < -0.3 is 10.5 Å². The number of hydrogen-bond acceptors (Lipinski definition) is 4. The van der Waals surface area contributed by atoms with Gasteiger partial charge in [0.25, 0.3) is 0 Å². The molecule has 0 aliphatic rings. The van der Waals surface area contributed by atoms with Gasteiger partial charge in [0.2, 0.25) is 5.88 Å². The predicted molar refractivity (Wildman–Crippen MR) is 72.6 cm³/mol. The molecule has 0 atom stereocenters. The second-order valence-electron chi connectivity index (χ2n) is 3.25. The van der Waals surface area contributed by atoms with E-state index in [1.54, 1.807) is 6.07 Å². The highest BCUT2D eigenvalue weighted by Gasteiger charge is 2.07. The zero-order chi connectivity index (χ0) is 12.3. The Kier molecular flexibility index (Phi) is 3.44. The van der Waals surface area contributed by atoms with Crippen LogP contribution in [0.3, 0.4) is 0 Å². The molecular formula is C12H8IN3O. The van der Waals surface area contributed by atoms with Gasteiger partial charge in [-0.05, 0) is 52.9 Å². The summed E-state index contributed by atoms with van der Waals surface area (Å²) in [4.78, 5) is 4.00. The average molecular weight is 337 g/mol. The lowest BCUT2D eigenvalue weighted by Gasteiger charge is -2.07. The summed E-state index contributed by atoms with van der Waals surface area (Å²) in [6, 6.07) is 11.0. The molecule has 0 unspecified atom stereocenters. The summed E-state index contributed by atoms with van der Waals surface area (Å²) in [6.45, 7) is 0. The number of anilines is 1. The summed E-state index contributed by atoms with van der Waals surface area (Å²) in [6.07, 6.45) is 1.50. The molecule has 0 saturated carbocycles. The van der Waals surface area contributed by atoms with Crippen LogP contribution >= 0.6 is 22.6 Å². The molecule has 84 valence electrons. The van der Waals surface area contributed by atoms with Crippen molar-refractivity contribution < 1.29 is 4.74 Å². The smallest absolute Gasteiger partial charge is 0.244 e. The van der Waals surface area contributed by atoms with Crippen molar-refractivity contribution in [1.82, 2.24) is 4.98 Å². The Labute approximate surface area is 112 Å². The van der Waals surface area contributed by atoms with Gasteiger partial charge in [0.05, 0.1) is 5.56 Å². The van der Waals surface area contributed by atoms with Crippen molar-refractivity contribution in [2.24, 2.45) is 0 Å². The van der Waals surface area contributed by atoms with Crippen molar-refractivity contribution >= 4 is 28.3 Å². The van der Waals surface area contributed by atoms with Crippen LogP contribution in [0.2, 0.25) is 0 Å². The Morgan fingerprint density at radius 3 is 2.59 bits per heavy atom. The Morgan fingerprint density at radius 1 is 1.24 bits per heavy atom. The van der Waals surface area contributed by atoms with E-state index in [2.05, 4.69) is 27.6 Å². The molecule has 0 spiro atoms. The summed E-state index contributed by atoms with van der Waals surface area (Å²) >= 11 is 2.21. The lowest BCUT2D eigenvalue weighted by atomic mass is 10.2. The summed E-state index contributed by atoms with van der Waals surface area (Å²) in [5.74, 6) is 0.893. The number of nitriles is 1. The van der Waals surface area contributed by atoms with Gasteiger partial charge in [-0.3, -0.25) is 0 Å². The van der Waals surface area contributed by atoms with Crippen LogP contribution in [0.4, 0.5) is 5.69 Å². The minimum absolute atomic E-state index is 0.255. The first kappa shape index (κ1) is 11.7. The van der Waals surface area contributed by atoms with Crippen molar-refractivity contribution in [2.75, 3.05) is 5.73 Å². The second kappa shape index (κ2) is 5.01. The Hall–Kier alpha value is -1.81. The Bertz CT molecular complexity index is 575. The molecule has 0 saturated heterocycles. The maximum Gasteiger partial charge on any atom is 0.244 e. The predicted octanol–water partition coefficient (Wildman–Crippen LogP) is 2.93. The highest BCUT2D eigenvalue weighted by Crippen LogP contribution is 2.27. The first-order valence-electron chi connectivity index (χ1n) is 4.78. The SMILES string of the molecule is N#Cc1ccnc(Oc2ccc(I)cc2)c1N. The normalized spacial score (nSPS) is 9.65. The molecule has 4 nitrogen and oxygen atoms in total. The van der Waals surface area contributed by atoms with E-state index in [0.717, 1.165) is 3.57 Å². The van der Waals surface area contributed by atoms with Crippen molar-refractivity contribution in [1.29, 1.82) is 5.26 Å². The van der Waals surface area contributed by atoms with Crippen LogP contribution in [0.25, 0.3) is 0 Å². The number of nitrogens with zero attached hydrogens (tertiary/aromatic N) is 2. The molecule has 1 aromatic heterocycles. The quantitative estimate of drug-likeness (QED) is 0.856. The summed E-state index contributed by atoms with van der Waals surface area (Å²) < 4.78 is 6.63. The fourth-order valence-corrected chi connectivity index (χ4v) is 1.61. The minimum atomic E-state index is 0.255. The van der Waals surface area contributed by atoms with Gasteiger partial charge in [-0.15, -0.1) is 0 Å². The molecule has 2 rings (SSSR count). The van der Waals surface area contributed by atoms with E-state index in [-0.39, 0.29) is 11.6 Å². The summed E-state index contributed by atoms with van der Waals surface area (Å²) in [5, 5.41) is 8.83. The van der Waals surface area contributed by atoms with Gasteiger partial charge in [0.1, 0.15) is 17.5 Å². The molecule has 2 aromatic rings. The molecular weight excluding hydrogens is 329 g/mol. The number of rotatable bonds is 2. The third-order valence-corrected chi connectivity index (χ3v) is 2.82. The highest BCUT2D eigenvalue weighted by molar-refractivity contribution is 14.1.